The van der Waals surface area contributed by atoms with Crippen LogP contribution in [0.3, 0.4) is 0 Å². The van der Waals surface area contributed by atoms with Gasteiger partial charge in [-0.3, -0.25) is 9.69 Å². The molecule has 0 radical (unpaired) electrons. The minimum atomic E-state index is 0.0431. The zero-order chi connectivity index (χ0) is 21.2. The summed E-state index contributed by atoms with van der Waals surface area (Å²) in [5, 5.41) is 7.05. The topological polar surface area (TPSA) is 67.1 Å². The van der Waals surface area contributed by atoms with Crippen LogP contribution in [0.2, 0.25) is 0 Å². The van der Waals surface area contributed by atoms with Crippen molar-refractivity contribution in [3.8, 4) is 0 Å². The van der Waals surface area contributed by atoms with Gasteiger partial charge >= 0.3 is 0 Å². The van der Waals surface area contributed by atoms with Crippen LogP contribution in [-0.4, -0.2) is 57.8 Å². The zero-order valence-corrected chi connectivity index (χ0v) is 18.3. The largest absolute Gasteiger partial charge is 0.382 e. The number of hydrogen-bond acceptors (Lipinski definition) is 5. The molecule has 31 heavy (non-hydrogen) atoms. The van der Waals surface area contributed by atoms with Crippen molar-refractivity contribution in [2.75, 3.05) is 38.0 Å². The third-order valence-electron chi connectivity index (χ3n) is 6.66. The third-order valence-corrected chi connectivity index (χ3v) is 6.66. The quantitative estimate of drug-likeness (QED) is 0.639. The number of aryl methyl sites for hydroxylation is 3. The van der Waals surface area contributed by atoms with Gasteiger partial charge in [0.15, 0.2) is 0 Å². The van der Waals surface area contributed by atoms with E-state index in [2.05, 4.69) is 39.2 Å². The molecule has 4 heterocycles. The van der Waals surface area contributed by atoms with Gasteiger partial charge in [-0.25, -0.2) is 4.98 Å². The maximum Gasteiger partial charge on any atom is 0.250 e. The first kappa shape index (κ1) is 20.3. The molecule has 164 valence electrons. The Bertz CT molecular complexity index is 1110. The third kappa shape index (κ3) is 4.25. The van der Waals surface area contributed by atoms with E-state index < -0.39 is 0 Å². The van der Waals surface area contributed by atoms with E-state index in [1.54, 1.807) is 16.7 Å². The van der Waals surface area contributed by atoms with Gasteiger partial charge in [0, 0.05) is 81.8 Å². The highest BCUT2D eigenvalue weighted by atomic mass is 16.1. The summed E-state index contributed by atoms with van der Waals surface area (Å²) >= 11 is 0. The number of fused-ring (bicyclic) bond motifs is 3. The molecule has 1 saturated heterocycles. The minimum Gasteiger partial charge on any atom is -0.382 e. The van der Waals surface area contributed by atoms with E-state index in [-0.39, 0.29) is 5.56 Å². The SMILES string of the molecule is C[C@H]1CCc2c(ccc3c2nc(CCn2ccccc2=O)n3CCN2CCNCC2)N1. The lowest BCUT2D eigenvalue weighted by atomic mass is 9.98. The Balaban J connectivity index is 1.47. The lowest BCUT2D eigenvalue weighted by Gasteiger charge is -2.27. The van der Waals surface area contributed by atoms with Gasteiger partial charge in [-0.05, 0) is 38.0 Å². The second-order valence-corrected chi connectivity index (χ2v) is 8.80. The number of rotatable bonds is 6. The highest BCUT2D eigenvalue weighted by Gasteiger charge is 2.21. The lowest BCUT2D eigenvalue weighted by Crippen LogP contribution is -2.44. The Morgan fingerprint density at radius 2 is 1.97 bits per heavy atom. The van der Waals surface area contributed by atoms with E-state index in [1.807, 2.05) is 12.3 Å². The number of imidazole rings is 1. The summed E-state index contributed by atoms with van der Waals surface area (Å²) in [6, 6.07) is 10.3. The first-order chi connectivity index (χ1) is 15.2. The van der Waals surface area contributed by atoms with Crippen LogP contribution in [-0.2, 0) is 25.9 Å². The predicted molar refractivity (Wildman–Crippen MR) is 125 cm³/mol. The molecule has 1 fully saturated rings. The van der Waals surface area contributed by atoms with Crippen LogP contribution in [0.15, 0.2) is 41.3 Å². The molecule has 1 atom stereocenters. The highest BCUT2D eigenvalue weighted by molar-refractivity contribution is 5.86. The van der Waals surface area contributed by atoms with Crippen molar-refractivity contribution in [2.24, 2.45) is 0 Å². The number of piperazine rings is 1. The maximum atomic E-state index is 12.2. The van der Waals surface area contributed by atoms with Gasteiger partial charge < -0.3 is 19.8 Å². The van der Waals surface area contributed by atoms with Crippen LogP contribution in [0.25, 0.3) is 11.0 Å². The molecule has 7 nitrogen and oxygen atoms in total. The fraction of sp³-hybridized carbons (Fsp3) is 0.500. The Hall–Kier alpha value is -2.64. The molecule has 5 rings (SSSR count). The summed E-state index contributed by atoms with van der Waals surface area (Å²) in [4.78, 5) is 19.8. The number of pyridine rings is 1. The van der Waals surface area contributed by atoms with Gasteiger partial charge in [0.2, 0.25) is 0 Å². The Morgan fingerprint density at radius 3 is 2.81 bits per heavy atom. The van der Waals surface area contributed by atoms with Crippen LogP contribution in [0.1, 0.15) is 24.7 Å². The highest BCUT2D eigenvalue weighted by Crippen LogP contribution is 2.32. The number of benzene rings is 1. The van der Waals surface area contributed by atoms with Crippen molar-refractivity contribution in [1.82, 2.24) is 24.3 Å². The first-order valence-electron chi connectivity index (χ1n) is 11.5. The zero-order valence-electron chi connectivity index (χ0n) is 18.3. The maximum absolute atomic E-state index is 12.2. The second-order valence-electron chi connectivity index (χ2n) is 8.80. The Morgan fingerprint density at radius 1 is 1.10 bits per heavy atom. The van der Waals surface area contributed by atoms with E-state index in [0.29, 0.717) is 12.6 Å². The van der Waals surface area contributed by atoms with Gasteiger partial charge in [0.05, 0.1) is 11.0 Å². The van der Waals surface area contributed by atoms with Crippen LogP contribution in [0, 0.1) is 0 Å². The lowest BCUT2D eigenvalue weighted by molar-refractivity contribution is 0.232. The van der Waals surface area contributed by atoms with Crippen LogP contribution < -0.4 is 16.2 Å². The first-order valence-corrected chi connectivity index (χ1v) is 11.5. The number of nitrogens with one attached hydrogen (secondary N) is 2. The van der Waals surface area contributed by atoms with Gasteiger partial charge in [0.25, 0.3) is 5.56 Å². The molecule has 2 aromatic heterocycles. The molecule has 0 spiro atoms. The molecule has 0 amide bonds. The van der Waals surface area contributed by atoms with E-state index in [4.69, 9.17) is 4.98 Å². The fourth-order valence-electron chi connectivity index (χ4n) is 4.86. The summed E-state index contributed by atoms with van der Waals surface area (Å²) in [7, 11) is 0. The second kappa shape index (κ2) is 8.85. The minimum absolute atomic E-state index is 0.0431. The van der Waals surface area contributed by atoms with Crippen molar-refractivity contribution in [3.05, 3.63) is 58.3 Å². The molecule has 2 aliphatic heterocycles. The Kier molecular flexibility index (Phi) is 5.78. The predicted octanol–water partition coefficient (Wildman–Crippen LogP) is 2.09. The number of hydrogen-bond donors (Lipinski definition) is 2. The van der Waals surface area contributed by atoms with Gasteiger partial charge in [-0.1, -0.05) is 6.07 Å². The normalized spacial score (nSPS) is 19.3. The summed E-state index contributed by atoms with van der Waals surface area (Å²) in [5.41, 5.74) is 4.97. The van der Waals surface area contributed by atoms with Crippen LogP contribution >= 0.6 is 0 Å². The van der Waals surface area contributed by atoms with E-state index in [0.717, 1.165) is 69.9 Å². The fourth-order valence-corrected chi connectivity index (χ4v) is 4.86. The number of nitrogens with zero attached hydrogens (tertiary/aromatic N) is 4. The van der Waals surface area contributed by atoms with E-state index in [1.165, 1.54) is 16.8 Å². The summed E-state index contributed by atoms with van der Waals surface area (Å²) in [6.07, 6.45) is 4.81. The molecule has 0 aliphatic carbocycles. The van der Waals surface area contributed by atoms with E-state index in [9.17, 15) is 4.79 Å². The average Bonchev–Trinajstić information content (AvgIpc) is 3.15. The summed E-state index contributed by atoms with van der Waals surface area (Å²) < 4.78 is 4.17. The Labute approximate surface area is 183 Å². The van der Waals surface area contributed by atoms with Gasteiger partial charge in [-0.2, -0.15) is 0 Å². The van der Waals surface area contributed by atoms with Crippen molar-refractivity contribution in [1.29, 1.82) is 0 Å². The van der Waals surface area contributed by atoms with Crippen molar-refractivity contribution >= 4 is 16.7 Å². The molecule has 0 bridgehead atoms. The molecular formula is C24H32N6O. The molecule has 0 saturated carbocycles. The molecule has 2 N–H and O–H groups in total. The summed E-state index contributed by atoms with van der Waals surface area (Å²) in [5.74, 6) is 1.08. The van der Waals surface area contributed by atoms with Crippen molar-refractivity contribution in [3.63, 3.8) is 0 Å². The van der Waals surface area contributed by atoms with Gasteiger partial charge in [0.1, 0.15) is 5.82 Å². The summed E-state index contributed by atoms with van der Waals surface area (Å²) in [6.45, 7) is 9.15. The monoisotopic (exact) mass is 420 g/mol. The standard InChI is InChI=1S/C24H32N6O/c1-18-5-6-19-20(26-18)7-8-21-24(19)27-22(9-13-29-12-3-2-4-23(29)31)30(21)17-16-28-14-10-25-11-15-28/h2-4,7-8,12,18,25-26H,5-6,9-11,13-17H2,1H3/t18-/m0/s1. The molecule has 3 aromatic rings. The van der Waals surface area contributed by atoms with Gasteiger partial charge in [-0.15, -0.1) is 0 Å². The number of anilines is 1. The van der Waals surface area contributed by atoms with Crippen molar-refractivity contribution in [2.45, 2.75) is 45.3 Å². The van der Waals surface area contributed by atoms with Crippen molar-refractivity contribution < 1.29 is 0 Å². The van der Waals surface area contributed by atoms with Crippen LogP contribution in [0.4, 0.5) is 5.69 Å². The van der Waals surface area contributed by atoms with Crippen LogP contribution in [0.5, 0.6) is 0 Å². The molecule has 1 aromatic carbocycles. The number of aromatic nitrogens is 3. The molecular weight excluding hydrogens is 388 g/mol. The molecule has 0 unspecified atom stereocenters. The van der Waals surface area contributed by atoms with E-state index >= 15 is 0 Å². The molecule has 7 heteroatoms. The molecule has 2 aliphatic rings. The smallest absolute Gasteiger partial charge is 0.250 e. The average molecular weight is 421 g/mol.